The Balaban J connectivity index is 2.16. The van der Waals surface area contributed by atoms with Crippen molar-refractivity contribution in [2.24, 2.45) is 0 Å². The van der Waals surface area contributed by atoms with E-state index in [2.05, 4.69) is 23.5 Å². The maximum absolute atomic E-state index is 12.0. The number of carbonyl (C=O) groups excluding carboxylic acids is 2. The molecule has 0 aromatic heterocycles. The fourth-order valence-electron chi connectivity index (χ4n) is 2.77. The summed E-state index contributed by atoms with van der Waals surface area (Å²) in [7, 11) is 0. The molecular weight excluding hydrogens is 314 g/mol. The molecule has 2 rings (SSSR count). The Bertz CT molecular complexity index is 760. The Morgan fingerprint density at radius 1 is 1.04 bits per heavy atom. The maximum atomic E-state index is 12.0. The zero-order valence-corrected chi connectivity index (χ0v) is 15.3. The number of ketones is 1. The van der Waals surface area contributed by atoms with Gasteiger partial charge in [-0.2, -0.15) is 0 Å². The predicted octanol–water partition coefficient (Wildman–Crippen LogP) is 4.82. The van der Waals surface area contributed by atoms with Crippen molar-refractivity contribution in [1.82, 2.24) is 0 Å². The monoisotopic (exact) mass is 339 g/mol. The quantitative estimate of drug-likeness (QED) is 0.736. The molecule has 4 nitrogen and oxygen atoms in total. The topological polar surface area (TPSA) is 55.4 Å². The van der Waals surface area contributed by atoms with Gasteiger partial charge in [0.05, 0.1) is 5.56 Å². The molecule has 0 spiro atoms. The number of anilines is 1. The van der Waals surface area contributed by atoms with Crippen LogP contribution in [0, 0.1) is 13.8 Å². The molecule has 0 saturated carbocycles. The summed E-state index contributed by atoms with van der Waals surface area (Å²) in [4.78, 5) is 23.7. The Morgan fingerprint density at radius 3 is 2.32 bits per heavy atom. The smallest absolute Gasteiger partial charge is 0.224 e. The van der Waals surface area contributed by atoms with Gasteiger partial charge in [0.2, 0.25) is 5.91 Å². The normalized spacial score (nSPS) is 10.4. The van der Waals surface area contributed by atoms with E-state index >= 15 is 0 Å². The summed E-state index contributed by atoms with van der Waals surface area (Å²) < 4.78 is 5.87. The average Bonchev–Trinajstić information content (AvgIpc) is 2.52. The second-order valence-corrected chi connectivity index (χ2v) is 6.35. The molecule has 0 atom stereocenters. The highest BCUT2D eigenvalue weighted by molar-refractivity contribution is 5.99. The number of aryl methyl sites for hydroxylation is 2. The second-order valence-electron chi connectivity index (χ2n) is 6.35. The third kappa shape index (κ3) is 5.45. The lowest BCUT2D eigenvalue weighted by Crippen LogP contribution is -2.11. The van der Waals surface area contributed by atoms with Crippen LogP contribution in [-0.2, 0) is 11.4 Å². The van der Waals surface area contributed by atoms with Crippen LogP contribution < -0.4 is 10.1 Å². The van der Waals surface area contributed by atoms with Crippen molar-refractivity contribution in [1.29, 1.82) is 0 Å². The third-order valence-electron chi connectivity index (χ3n) is 3.80. The van der Waals surface area contributed by atoms with Crippen LogP contribution in [0.1, 0.15) is 53.7 Å². The van der Waals surface area contributed by atoms with Gasteiger partial charge in [0.15, 0.2) is 5.78 Å². The van der Waals surface area contributed by atoms with Crippen molar-refractivity contribution in [2.75, 3.05) is 5.32 Å². The Hall–Kier alpha value is -2.62. The molecule has 2 aromatic rings. The first-order valence-electron chi connectivity index (χ1n) is 8.54. The predicted molar refractivity (Wildman–Crippen MR) is 100 cm³/mol. The van der Waals surface area contributed by atoms with Crippen LogP contribution in [0.2, 0.25) is 0 Å². The van der Waals surface area contributed by atoms with E-state index in [9.17, 15) is 9.59 Å². The van der Waals surface area contributed by atoms with Gasteiger partial charge in [-0.25, -0.2) is 0 Å². The molecule has 0 aliphatic heterocycles. The van der Waals surface area contributed by atoms with Gasteiger partial charge in [-0.15, -0.1) is 0 Å². The number of hydrogen-bond donors (Lipinski definition) is 1. The van der Waals surface area contributed by atoms with Crippen LogP contribution in [0.3, 0.4) is 0 Å². The van der Waals surface area contributed by atoms with E-state index in [1.807, 2.05) is 20.8 Å². The number of nitrogens with one attached hydrogen (secondary N) is 1. The van der Waals surface area contributed by atoms with Gasteiger partial charge in [0, 0.05) is 12.1 Å². The molecule has 0 aliphatic carbocycles. The van der Waals surface area contributed by atoms with Gasteiger partial charge < -0.3 is 10.1 Å². The van der Waals surface area contributed by atoms with E-state index in [0.717, 1.165) is 12.0 Å². The Kier molecular flexibility index (Phi) is 6.34. The zero-order valence-electron chi connectivity index (χ0n) is 15.3. The van der Waals surface area contributed by atoms with E-state index in [4.69, 9.17) is 4.74 Å². The molecule has 1 amide bonds. The molecule has 2 aromatic carbocycles. The highest BCUT2D eigenvalue weighted by Gasteiger charge is 2.11. The lowest BCUT2D eigenvalue weighted by atomic mass is 10.1. The van der Waals surface area contributed by atoms with E-state index in [1.54, 1.807) is 18.2 Å². The first-order valence-corrected chi connectivity index (χ1v) is 8.54. The minimum absolute atomic E-state index is 0.0547. The van der Waals surface area contributed by atoms with Crippen molar-refractivity contribution in [3.8, 4) is 5.75 Å². The van der Waals surface area contributed by atoms with Gasteiger partial charge in [-0.05, 0) is 51.0 Å². The molecule has 4 heteroatoms. The largest absolute Gasteiger partial charge is 0.488 e. The van der Waals surface area contributed by atoms with Crippen molar-refractivity contribution in [3.63, 3.8) is 0 Å². The molecule has 0 saturated heterocycles. The summed E-state index contributed by atoms with van der Waals surface area (Å²) >= 11 is 0. The highest BCUT2D eigenvalue weighted by atomic mass is 16.5. The Morgan fingerprint density at radius 2 is 1.72 bits per heavy atom. The molecule has 25 heavy (non-hydrogen) atoms. The van der Waals surface area contributed by atoms with Crippen molar-refractivity contribution < 1.29 is 14.3 Å². The molecule has 0 heterocycles. The first-order chi connectivity index (χ1) is 11.9. The minimum atomic E-state index is -0.0954. The number of amides is 1. The van der Waals surface area contributed by atoms with Gasteiger partial charge in [0.25, 0.3) is 0 Å². The summed E-state index contributed by atoms with van der Waals surface area (Å²) in [5, 5.41) is 2.81. The number of rotatable bonds is 7. The van der Waals surface area contributed by atoms with Gasteiger partial charge in [-0.3, -0.25) is 9.59 Å². The van der Waals surface area contributed by atoms with E-state index in [-0.39, 0.29) is 11.7 Å². The molecule has 0 radical (unpaired) electrons. The SMILES string of the molecule is CCCC(=O)Nc1ccc(OCc2cc(C)cc(C)c2)c(C(C)=O)c1. The van der Waals surface area contributed by atoms with E-state index in [0.29, 0.717) is 30.0 Å². The van der Waals surface area contributed by atoms with Crippen LogP contribution in [0.4, 0.5) is 5.69 Å². The second kappa shape index (κ2) is 8.47. The number of benzene rings is 2. The molecule has 0 unspecified atom stereocenters. The zero-order chi connectivity index (χ0) is 18.4. The van der Waals surface area contributed by atoms with Crippen molar-refractivity contribution in [2.45, 2.75) is 47.1 Å². The van der Waals surface area contributed by atoms with Gasteiger partial charge >= 0.3 is 0 Å². The third-order valence-corrected chi connectivity index (χ3v) is 3.80. The number of Topliss-reactive ketones (excluding diaryl/α,β-unsaturated/α-hetero) is 1. The first kappa shape index (κ1) is 18.7. The van der Waals surface area contributed by atoms with Crippen LogP contribution in [0.15, 0.2) is 36.4 Å². The number of ether oxygens (including phenoxy) is 1. The summed E-state index contributed by atoms with van der Waals surface area (Å²) in [6, 6.07) is 11.4. The standard InChI is InChI=1S/C21H25NO3/c1-5-6-21(24)22-18-7-8-20(19(12-18)16(4)23)25-13-17-10-14(2)9-15(3)11-17/h7-12H,5-6,13H2,1-4H3,(H,22,24). The molecular formula is C21H25NO3. The molecule has 0 bridgehead atoms. The molecule has 0 aliphatic rings. The number of carbonyl (C=O) groups is 2. The summed E-state index contributed by atoms with van der Waals surface area (Å²) in [5.74, 6) is 0.378. The van der Waals surface area contributed by atoms with Gasteiger partial charge in [0.1, 0.15) is 12.4 Å². The number of hydrogen-bond acceptors (Lipinski definition) is 3. The summed E-state index contributed by atoms with van der Waals surface area (Å²) in [6.45, 7) is 7.93. The minimum Gasteiger partial charge on any atom is -0.488 e. The molecule has 0 fully saturated rings. The summed E-state index contributed by atoms with van der Waals surface area (Å²) in [6.07, 6.45) is 1.24. The van der Waals surface area contributed by atoms with Crippen molar-refractivity contribution >= 4 is 17.4 Å². The van der Waals surface area contributed by atoms with E-state index in [1.165, 1.54) is 18.1 Å². The van der Waals surface area contributed by atoms with Crippen LogP contribution in [0.25, 0.3) is 0 Å². The average molecular weight is 339 g/mol. The molecule has 1 N–H and O–H groups in total. The van der Waals surface area contributed by atoms with Crippen molar-refractivity contribution in [3.05, 3.63) is 58.7 Å². The fraction of sp³-hybridized carbons (Fsp3) is 0.333. The fourth-order valence-corrected chi connectivity index (χ4v) is 2.77. The van der Waals surface area contributed by atoms with Gasteiger partial charge in [-0.1, -0.05) is 36.2 Å². The summed E-state index contributed by atoms with van der Waals surface area (Å²) in [5.41, 5.74) is 4.51. The van der Waals surface area contributed by atoms with Crippen LogP contribution >= 0.6 is 0 Å². The van der Waals surface area contributed by atoms with Crippen LogP contribution in [-0.4, -0.2) is 11.7 Å². The highest BCUT2D eigenvalue weighted by Crippen LogP contribution is 2.25. The van der Waals surface area contributed by atoms with Crippen LogP contribution in [0.5, 0.6) is 5.75 Å². The molecule has 132 valence electrons. The maximum Gasteiger partial charge on any atom is 0.224 e. The van der Waals surface area contributed by atoms with E-state index < -0.39 is 0 Å². The lowest BCUT2D eigenvalue weighted by molar-refractivity contribution is -0.116. The lowest BCUT2D eigenvalue weighted by Gasteiger charge is -2.13. The Labute approximate surface area is 149 Å².